The van der Waals surface area contributed by atoms with E-state index in [1.54, 1.807) is 6.26 Å². The van der Waals surface area contributed by atoms with Gasteiger partial charge in [-0.25, -0.2) is 0 Å². The van der Waals surface area contributed by atoms with E-state index in [0.717, 1.165) is 38.5 Å². The van der Waals surface area contributed by atoms with Crippen molar-refractivity contribution in [2.45, 2.75) is 19.3 Å². The zero-order valence-electron chi connectivity index (χ0n) is 28.3. The monoisotopic (exact) mass is 652 g/mol. The first-order chi connectivity index (χ1) is 25.1. The van der Waals surface area contributed by atoms with Gasteiger partial charge in [0.15, 0.2) is 0 Å². The third-order valence-corrected chi connectivity index (χ3v) is 11.3. The summed E-state index contributed by atoms with van der Waals surface area (Å²) >= 11 is 0. The number of benzene rings is 8. The van der Waals surface area contributed by atoms with E-state index in [4.69, 9.17) is 8.83 Å². The second-order valence-electron chi connectivity index (χ2n) is 14.4. The van der Waals surface area contributed by atoms with Crippen molar-refractivity contribution >= 4 is 54.5 Å². The van der Waals surface area contributed by atoms with Crippen LogP contribution in [0.3, 0.4) is 0 Å². The van der Waals surface area contributed by atoms with E-state index in [-0.39, 0.29) is 5.41 Å². The van der Waals surface area contributed by atoms with Gasteiger partial charge in [-0.15, -0.1) is 0 Å². The van der Waals surface area contributed by atoms with Crippen LogP contribution in [0.2, 0.25) is 0 Å². The summed E-state index contributed by atoms with van der Waals surface area (Å²) in [6, 6.07) is 55.0. The maximum atomic E-state index is 6.87. The van der Waals surface area contributed by atoms with Gasteiger partial charge in [-0.3, -0.25) is 0 Å². The van der Waals surface area contributed by atoms with Crippen LogP contribution in [0, 0.1) is 0 Å². The zero-order chi connectivity index (χ0) is 33.8. The van der Waals surface area contributed by atoms with Gasteiger partial charge in [0.25, 0.3) is 0 Å². The fraction of sp³-hybridized carbons (Fsp3) is 0.0612. The third-order valence-electron chi connectivity index (χ3n) is 11.3. The fourth-order valence-corrected chi connectivity index (χ4v) is 9.04. The van der Waals surface area contributed by atoms with E-state index < -0.39 is 0 Å². The molecule has 0 fully saturated rings. The largest absolute Gasteiger partial charge is 0.464 e. The second kappa shape index (κ2) is 10.3. The Bertz CT molecular complexity index is 2990. The Hall–Kier alpha value is -6.38. The molecule has 2 heterocycles. The van der Waals surface area contributed by atoms with Crippen LogP contribution >= 0.6 is 0 Å². The Morgan fingerprint density at radius 3 is 1.86 bits per heavy atom. The standard InChI is InChI=1S/C49H32O2/c1-49(2)39-22-11-10-20-36(39)45-40(49)28-42-46(38-27-31(23-24-41(38)51-42)29-13-4-3-5-14-29)47(45)44-34-18-8-6-16-32(34)43(33-17-7-9-19-35(33)44)37-21-12-15-30-25-26-50-48(30)37/h3-28H,1-2H3. The molecule has 0 unspecified atom stereocenters. The Balaban J connectivity index is 1.37. The van der Waals surface area contributed by atoms with Gasteiger partial charge in [0.2, 0.25) is 0 Å². The van der Waals surface area contributed by atoms with Crippen LogP contribution in [0.25, 0.3) is 99.0 Å². The molecule has 1 aliphatic carbocycles. The summed E-state index contributed by atoms with van der Waals surface area (Å²) in [5, 5.41) is 8.20. The number of furan rings is 2. The molecule has 0 radical (unpaired) electrons. The molecule has 2 heteroatoms. The highest BCUT2D eigenvalue weighted by Gasteiger charge is 2.39. The molecule has 0 atom stereocenters. The number of hydrogen-bond donors (Lipinski definition) is 0. The zero-order valence-corrected chi connectivity index (χ0v) is 28.3. The molecule has 0 saturated heterocycles. The Morgan fingerprint density at radius 1 is 0.431 bits per heavy atom. The number of para-hydroxylation sites is 1. The Labute approximate surface area is 295 Å². The van der Waals surface area contributed by atoms with E-state index >= 15 is 0 Å². The molecular weight excluding hydrogens is 621 g/mol. The summed E-state index contributed by atoms with van der Waals surface area (Å²) in [5.41, 5.74) is 14.9. The van der Waals surface area contributed by atoms with Crippen molar-refractivity contribution in [3.63, 3.8) is 0 Å². The van der Waals surface area contributed by atoms with Gasteiger partial charge in [0, 0.05) is 38.3 Å². The van der Waals surface area contributed by atoms with Gasteiger partial charge in [0.1, 0.15) is 16.7 Å². The lowest BCUT2D eigenvalue weighted by molar-refractivity contribution is 0.617. The van der Waals surface area contributed by atoms with Gasteiger partial charge < -0.3 is 8.83 Å². The van der Waals surface area contributed by atoms with Crippen molar-refractivity contribution in [1.82, 2.24) is 0 Å². The molecule has 2 aromatic heterocycles. The van der Waals surface area contributed by atoms with Crippen LogP contribution < -0.4 is 0 Å². The summed E-state index contributed by atoms with van der Waals surface area (Å²) in [7, 11) is 0. The highest BCUT2D eigenvalue weighted by atomic mass is 16.3. The van der Waals surface area contributed by atoms with Crippen molar-refractivity contribution in [1.29, 1.82) is 0 Å². The summed E-state index contributed by atoms with van der Waals surface area (Å²) in [5.74, 6) is 0. The van der Waals surface area contributed by atoms with E-state index in [2.05, 4.69) is 166 Å². The highest BCUT2D eigenvalue weighted by Crippen LogP contribution is 2.58. The van der Waals surface area contributed by atoms with Crippen molar-refractivity contribution in [3.8, 4) is 44.5 Å². The Morgan fingerprint density at radius 2 is 1.10 bits per heavy atom. The van der Waals surface area contributed by atoms with E-state index in [1.165, 1.54) is 71.6 Å². The summed E-state index contributed by atoms with van der Waals surface area (Å²) in [6.45, 7) is 4.71. The Kier molecular flexibility index (Phi) is 5.76. The molecular formula is C49H32O2. The number of rotatable bonds is 3. The molecule has 11 rings (SSSR count). The van der Waals surface area contributed by atoms with E-state index in [1.807, 2.05) is 0 Å². The van der Waals surface area contributed by atoms with Crippen LogP contribution in [0.5, 0.6) is 0 Å². The van der Waals surface area contributed by atoms with Crippen molar-refractivity contribution in [2.24, 2.45) is 0 Å². The van der Waals surface area contributed by atoms with Crippen molar-refractivity contribution in [3.05, 3.63) is 169 Å². The second-order valence-corrected chi connectivity index (χ2v) is 14.4. The average Bonchev–Trinajstić information content (AvgIpc) is 3.87. The molecule has 51 heavy (non-hydrogen) atoms. The van der Waals surface area contributed by atoms with Crippen LogP contribution in [-0.2, 0) is 5.41 Å². The fourth-order valence-electron chi connectivity index (χ4n) is 9.04. The smallest absolute Gasteiger partial charge is 0.141 e. The third kappa shape index (κ3) is 3.88. The predicted octanol–water partition coefficient (Wildman–Crippen LogP) is 13.9. The van der Waals surface area contributed by atoms with Gasteiger partial charge >= 0.3 is 0 Å². The minimum atomic E-state index is -0.205. The lowest BCUT2D eigenvalue weighted by Crippen LogP contribution is -2.14. The molecule has 10 aromatic rings. The lowest BCUT2D eigenvalue weighted by Gasteiger charge is -2.23. The molecule has 0 bridgehead atoms. The maximum Gasteiger partial charge on any atom is 0.141 e. The molecule has 1 aliphatic rings. The van der Waals surface area contributed by atoms with Crippen LogP contribution in [-0.4, -0.2) is 0 Å². The SMILES string of the molecule is CC1(C)c2ccccc2-c2c1cc1oc3ccc(-c4ccccc4)cc3c1c2-c1c2ccccc2c(-c2cccc3ccoc23)c2ccccc12. The molecule has 0 N–H and O–H groups in total. The van der Waals surface area contributed by atoms with Gasteiger partial charge in [-0.2, -0.15) is 0 Å². The van der Waals surface area contributed by atoms with Gasteiger partial charge in [-0.05, 0) is 84.8 Å². The predicted molar refractivity (Wildman–Crippen MR) is 212 cm³/mol. The molecule has 0 amide bonds. The van der Waals surface area contributed by atoms with Crippen LogP contribution in [0.15, 0.2) is 167 Å². The first kappa shape index (κ1) is 28.5. The summed E-state index contributed by atoms with van der Waals surface area (Å²) in [4.78, 5) is 0. The molecule has 240 valence electrons. The molecule has 8 aromatic carbocycles. The minimum Gasteiger partial charge on any atom is -0.464 e. The summed E-state index contributed by atoms with van der Waals surface area (Å²) in [6.07, 6.45) is 1.80. The average molecular weight is 653 g/mol. The molecule has 0 aliphatic heterocycles. The molecule has 2 nitrogen and oxygen atoms in total. The molecule has 0 saturated carbocycles. The number of hydrogen-bond acceptors (Lipinski definition) is 2. The van der Waals surface area contributed by atoms with Crippen LogP contribution in [0.4, 0.5) is 0 Å². The highest BCUT2D eigenvalue weighted by molar-refractivity contribution is 6.29. The van der Waals surface area contributed by atoms with Crippen LogP contribution in [0.1, 0.15) is 25.0 Å². The summed E-state index contributed by atoms with van der Waals surface area (Å²) < 4.78 is 13.0. The molecule has 0 spiro atoms. The lowest BCUT2D eigenvalue weighted by atomic mass is 9.79. The van der Waals surface area contributed by atoms with E-state index in [9.17, 15) is 0 Å². The normalized spacial score (nSPS) is 13.5. The maximum absolute atomic E-state index is 6.87. The minimum absolute atomic E-state index is 0.205. The van der Waals surface area contributed by atoms with Crippen molar-refractivity contribution < 1.29 is 8.83 Å². The number of fused-ring (bicyclic) bond motifs is 9. The first-order valence-corrected chi connectivity index (χ1v) is 17.7. The quantitative estimate of drug-likeness (QED) is 0.178. The van der Waals surface area contributed by atoms with E-state index in [0.29, 0.717) is 0 Å². The van der Waals surface area contributed by atoms with Gasteiger partial charge in [-0.1, -0.05) is 141 Å². The van der Waals surface area contributed by atoms with Crippen molar-refractivity contribution in [2.75, 3.05) is 0 Å². The topological polar surface area (TPSA) is 26.3 Å². The van der Waals surface area contributed by atoms with Gasteiger partial charge in [0.05, 0.1) is 6.26 Å². The first-order valence-electron chi connectivity index (χ1n) is 17.7.